The van der Waals surface area contributed by atoms with Gasteiger partial charge in [-0.05, 0) is 48.6 Å². The number of ether oxygens (including phenoxy) is 1. The first-order chi connectivity index (χ1) is 12.2. The van der Waals surface area contributed by atoms with Crippen molar-refractivity contribution in [2.45, 2.75) is 31.9 Å². The Morgan fingerprint density at radius 3 is 2.88 bits per heavy atom. The minimum atomic E-state index is -0.352. The van der Waals surface area contributed by atoms with E-state index in [4.69, 9.17) is 9.15 Å². The summed E-state index contributed by atoms with van der Waals surface area (Å²) in [7, 11) is 0. The number of carbonyl (C=O) groups is 2. The number of rotatable bonds is 3. The van der Waals surface area contributed by atoms with Gasteiger partial charge in [-0.1, -0.05) is 6.07 Å². The Labute approximate surface area is 145 Å². The second-order valence-electron chi connectivity index (χ2n) is 6.46. The Bertz CT molecular complexity index is 779. The van der Waals surface area contributed by atoms with Crippen LogP contribution < -0.4 is 5.32 Å². The molecule has 0 saturated carbocycles. The number of carbonyl (C=O) groups excluding carboxylic acids is 2. The van der Waals surface area contributed by atoms with Crippen molar-refractivity contribution in [2.24, 2.45) is 0 Å². The lowest BCUT2D eigenvalue weighted by atomic mass is 9.98. The van der Waals surface area contributed by atoms with Gasteiger partial charge in [0.15, 0.2) is 0 Å². The third-order valence-corrected chi connectivity index (χ3v) is 4.76. The molecular weight excluding hydrogens is 320 g/mol. The van der Waals surface area contributed by atoms with Gasteiger partial charge in [-0.15, -0.1) is 0 Å². The van der Waals surface area contributed by atoms with Gasteiger partial charge >= 0.3 is 0 Å². The van der Waals surface area contributed by atoms with Crippen LogP contribution in [0.2, 0.25) is 0 Å². The smallest absolute Gasteiger partial charge is 0.257 e. The van der Waals surface area contributed by atoms with Crippen LogP contribution in [-0.4, -0.2) is 36.0 Å². The predicted octanol–water partition coefficient (Wildman–Crippen LogP) is 2.60. The fourth-order valence-corrected chi connectivity index (χ4v) is 3.38. The lowest BCUT2D eigenvalue weighted by Gasteiger charge is -2.29. The van der Waals surface area contributed by atoms with E-state index in [0.717, 1.165) is 30.5 Å². The molecule has 6 heteroatoms. The molecule has 2 aromatic rings. The van der Waals surface area contributed by atoms with Gasteiger partial charge in [0.25, 0.3) is 11.8 Å². The zero-order chi connectivity index (χ0) is 17.2. The highest BCUT2D eigenvalue weighted by Gasteiger charge is 2.25. The summed E-state index contributed by atoms with van der Waals surface area (Å²) in [6, 6.07) is 7.58. The third-order valence-electron chi connectivity index (χ3n) is 4.76. The van der Waals surface area contributed by atoms with Crippen LogP contribution in [0.1, 0.15) is 34.3 Å². The summed E-state index contributed by atoms with van der Waals surface area (Å²) in [4.78, 5) is 26.5. The van der Waals surface area contributed by atoms with Crippen LogP contribution in [0.5, 0.6) is 0 Å². The highest BCUT2D eigenvalue weighted by Crippen LogP contribution is 2.24. The zero-order valence-electron chi connectivity index (χ0n) is 13.9. The van der Waals surface area contributed by atoms with Crippen LogP contribution in [0.4, 0.5) is 5.69 Å². The van der Waals surface area contributed by atoms with Gasteiger partial charge in [-0.25, -0.2) is 0 Å². The molecule has 0 aliphatic carbocycles. The highest BCUT2D eigenvalue weighted by molar-refractivity contribution is 5.95. The number of nitrogens with zero attached hydrogens (tertiary/aromatic N) is 1. The molecule has 1 saturated heterocycles. The third kappa shape index (κ3) is 3.30. The van der Waals surface area contributed by atoms with E-state index in [0.29, 0.717) is 25.3 Å². The fourth-order valence-electron chi connectivity index (χ4n) is 3.38. The summed E-state index contributed by atoms with van der Waals surface area (Å²) in [5.41, 5.74) is 3.59. The molecule has 1 aromatic carbocycles. The number of fused-ring (bicyclic) bond motifs is 1. The number of anilines is 1. The molecule has 2 amide bonds. The summed E-state index contributed by atoms with van der Waals surface area (Å²) in [5, 5.41) is 2.92. The molecule has 1 N–H and O–H groups in total. The first-order valence-corrected chi connectivity index (χ1v) is 8.56. The first-order valence-electron chi connectivity index (χ1n) is 8.56. The number of hydrogen-bond acceptors (Lipinski definition) is 4. The standard InChI is InChI=1S/C19H20N2O4/c22-18(17-2-1-8-25-17)20-16-4-3-13-5-7-21(11-15(13)10-16)19(23)14-6-9-24-12-14/h3-4,6,9-10,12,17H,1-2,5,7-8,11H2,(H,20,22)/t17-/m0/s1. The number of furan rings is 1. The van der Waals surface area contributed by atoms with Crippen LogP contribution in [0.25, 0.3) is 0 Å². The van der Waals surface area contributed by atoms with Crippen LogP contribution in [0, 0.1) is 0 Å². The average molecular weight is 340 g/mol. The Morgan fingerprint density at radius 1 is 1.20 bits per heavy atom. The summed E-state index contributed by atoms with van der Waals surface area (Å²) >= 11 is 0. The van der Waals surface area contributed by atoms with E-state index in [2.05, 4.69) is 5.32 Å². The predicted molar refractivity (Wildman–Crippen MR) is 91.2 cm³/mol. The van der Waals surface area contributed by atoms with Gasteiger partial charge < -0.3 is 19.4 Å². The van der Waals surface area contributed by atoms with Crippen molar-refractivity contribution < 1.29 is 18.7 Å². The van der Waals surface area contributed by atoms with Crippen molar-refractivity contribution in [3.8, 4) is 0 Å². The van der Waals surface area contributed by atoms with E-state index >= 15 is 0 Å². The van der Waals surface area contributed by atoms with E-state index < -0.39 is 0 Å². The number of amides is 2. The van der Waals surface area contributed by atoms with Crippen molar-refractivity contribution >= 4 is 17.5 Å². The molecule has 3 heterocycles. The van der Waals surface area contributed by atoms with Crippen LogP contribution in [0.15, 0.2) is 41.2 Å². The molecule has 0 radical (unpaired) electrons. The van der Waals surface area contributed by atoms with Crippen LogP contribution in [-0.2, 0) is 22.5 Å². The monoisotopic (exact) mass is 340 g/mol. The molecule has 130 valence electrons. The van der Waals surface area contributed by atoms with Crippen molar-refractivity contribution in [1.82, 2.24) is 4.90 Å². The Kier molecular flexibility index (Phi) is 4.28. The van der Waals surface area contributed by atoms with Crippen molar-refractivity contribution in [3.05, 3.63) is 53.5 Å². The molecule has 0 bridgehead atoms. The van der Waals surface area contributed by atoms with Crippen LogP contribution >= 0.6 is 0 Å². The molecule has 2 aliphatic heterocycles. The molecule has 6 nitrogen and oxygen atoms in total. The van der Waals surface area contributed by atoms with E-state index in [-0.39, 0.29) is 17.9 Å². The van der Waals surface area contributed by atoms with E-state index in [1.54, 1.807) is 11.0 Å². The quantitative estimate of drug-likeness (QED) is 0.932. The molecule has 1 atom stereocenters. The maximum Gasteiger partial charge on any atom is 0.257 e. The molecule has 25 heavy (non-hydrogen) atoms. The van der Waals surface area contributed by atoms with Gasteiger partial charge in [-0.2, -0.15) is 0 Å². The minimum Gasteiger partial charge on any atom is -0.472 e. The molecule has 0 unspecified atom stereocenters. The van der Waals surface area contributed by atoms with Gasteiger partial charge in [0.1, 0.15) is 12.4 Å². The van der Waals surface area contributed by atoms with Gasteiger partial charge in [0.05, 0.1) is 11.8 Å². The van der Waals surface area contributed by atoms with Gasteiger partial charge in [0, 0.05) is 25.4 Å². The highest BCUT2D eigenvalue weighted by atomic mass is 16.5. The summed E-state index contributed by atoms with van der Waals surface area (Å²) in [6.45, 7) is 1.86. The molecule has 0 spiro atoms. The molecular formula is C19H20N2O4. The molecule has 1 aromatic heterocycles. The molecule has 2 aliphatic rings. The van der Waals surface area contributed by atoms with Crippen LogP contribution in [0.3, 0.4) is 0 Å². The zero-order valence-corrected chi connectivity index (χ0v) is 13.9. The average Bonchev–Trinajstić information content (AvgIpc) is 3.34. The number of nitrogens with one attached hydrogen (secondary N) is 1. The van der Waals surface area contributed by atoms with E-state index in [9.17, 15) is 9.59 Å². The SMILES string of the molecule is O=C(Nc1ccc2c(c1)CN(C(=O)c1ccoc1)CC2)[C@@H]1CCCO1. The maximum absolute atomic E-state index is 12.5. The molecule has 4 rings (SSSR count). The summed E-state index contributed by atoms with van der Waals surface area (Å²) < 4.78 is 10.4. The first kappa shape index (κ1) is 15.9. The summed E-state index contributed by atoms with van der Waals surface area (Å²) in [5.74, 6) is -0.132. The fraction of sp³-hybridized carbons (Fsp3) is 0.368. The number of benzene rings is 1. The largest absolute Gasteiger partial charge is 0.472 e. The Morgan fingerprint density at radius 2 is 2.12 bits per heavy atom. The Hall–Kier alpha value is -2.60. The van der Waals surface area contributed by atoms with Gasteiger partial charge in [-0.3, -0.25) is 9.59 Å². The molecule has 1 fully saturated rings. The second kappa shape index (κ2) is 6.72. The lowest BCUT2D eigenvalue weighted by Crippen LogP contribution is -2.35. The topological polar surface area (TPSA) is 71.8 Å². The van der Waals surface area contributed by atoms with Gasteiger partial charge in [0.2, 0.25) is 0 Å². The number of hydrogen-bond donors (Lipinski definition) is 1. The summed E-state index contributed by atoms with van der Waals surface area (Å²) in [6.07, 6.45) is 5.12. The van der Waals surface area contributed by atoms with Crippen molar-refractivity contribution in [1.29, 1.82) is 0 Å². The Balaban J connectivity index is 1.47. The minimum absolute atomic E-state index is 0.0341. The maximum atomic E-state index is 12.5. The second-order valence-corrected chi connectivity index (χ2v) is 6.46. The van der Waals surface area contributed by atoms with Crippen molar-refractivity contribution in [2.75, 3.05) is 18.5 Å². The van der Waals surface area contributed by atoms with Crippen molar-refractivity contribution in [3.63, 3.8) is 0 Å². The normalized spacial score (nSPS) is 19.5. The van der Waals surface area contributed by atoms with E-state index in [1.807, 2.05) is 18.2 Å². The van der Waals surface area contributed by atoms with E-state index in [1.165, 1.54) is 18.1 Å². The lowest BCUT2D eigenvalue weighted by molar-refractivity contribution is -0.124.